The van der Waals surface area contributed by atoms with Gasteiger partial charge in [0.2, 0.25) is 0 Å². The van der Waals surface area contributed by atoms with E-state index in [1.165, 1.54) is 0 Å². The fourth-order valence-electron chi connectivity index (χ4n) is 3.38. The summed E-state index contributed by atoms with van der Waals surface area (Å²) < 4.78 is 5.57. The number of nitrogens with one attached hydrogen (secondary N) is 2. The average Bonchev–Trinajstić information content (AvgIpc) is 2.64. The van der Waals surface area contributed by atoms with Crippen LogP contribution in [0.1, 0.15) is 18.4 Å². The Kier molecular flexibility index (Phi) is 4.59. The first-order valence-electron chi connectivity index (χ1n) is 8.39. The molecule has 2 aliphatic rings. The molecule has 2 aliphatic heterocycles. The molecule has 1 saturated heterocycles. The third-order valence-electron chi connectivity index (χ3n) is 4.79. The van der Waals surface area contributed by atoms with Crippen LogP contribution in [0.2, 0.25) is 10.0 Å². The normalized spacial score (nSPS) is 18.2. The van der Waals surface area contributed by atoms with Gasteiger partial charge in [0.15, 0.2) is 0 Å². The standard InChI is InChI=1S/C19H19Cl2N3O/c20-14-5-3-4-13(17(14)21)12-22-18-19(8-10-25-11-9-19)24-16-7-2-1-6-15(16)23-18/h1-7,24H,8-12H2,(H,22,23). The van der Waals surface area contributed by atoms with Crippen molar-refractivity contribution < 1.29 is 4.74 Å². The Morgan fingerprint density at radius 2 is 1.88 bits per heavy atom. The number of aliphatic imine (C=N–C) groups is 1. The molecule has 1 spiro atoms. The first kappa shape index (κ1) is 16.7. The zero-order valence-corrected chi connectivity index (χ0v) is 15.2. The molecule has 4 rings (SSSR count). The first-order valence-corrected chi connectivity index (χ1v) is 9.14. The van der Waals surface area contributed by atoms with Gasteiger partial charge in [0.05, 0.1) is 27.0 Å². The molecule has 2 aromatic carbocycles. The largest absolute Gasteiger partial charge is 0.381 e. The lowest BCUT2D eigenvalue weighted by Crippen LogP contribution is -2.56. The topological polar surface area (TPSA) is 45.7 Å². The summed E-state index contributed by atoms with van der Waals surface area (Å²) in [6, 6.07) is 13.8. The van der Waals surface area contributed by atoms with Gasteiger partial charge in [-0.1, -0.05) is 47.5 Å². The monoisotopic (exact) mass is 375 g/mol. The second kappa shape index (κ2) is 6.87. The van der Waals surface area contributed by atoms with Crippen molar-refractivity contribution in [3.8, 4) is 0 Å². The van der Waals surface area contributed by atoms with Gasteiger partial charge in [-0.25, -0.2) is 4.99 Å². The van der Waals surface area contributed by atoms with Crippen LogP contribution in [0.5, 0.6) is 0 Å². The molecule has 1 fully saturated rings. The lowest BCUT2D eigenvalue weighted by Gasteiger charge is -2.42. The van der Waals surface area contributed by atoms with E-state index in [0.717, 1.165) is 35.6 Å². The summed E-state index contributed by atoms with van der Waals surface area (Å²) >= 11 is 12.4. The van der Waals surface area contributed by atoms with Gasteiger partial charge in [0, 0.05) is 32.6 Å². The third-order valence-corrected chi connectivity index (χ3v) is 5.65. The van der Waals surface area contributed by atoms with E-state index in [4.69, 9.17) is 32.9 Å². The zero-order chi connectivity index (χ0) is 17.3. The van der Waals surface area contributed by atoms with Crippen LogP contribution in [0.4, 0.5) is 11.4 Å². The van der Waals surface area contributed by atoms with Gasteiger partial charge in [0.25, 0.3) is 0 Å². The molecule has 4 nitrogen and oxygen atoms in total. The van der Waals surface area contributed by atoms with Crippen molar-refractivity contribution in [3.63, 3.8) is 0 Å². The molecule has 0 atom stereocenters. The number of benzene rings is 2. The lowest BCUT2D eigenvalue weighted by molar-refractivity contribution is 0.0771. The van der Waals surface area contributed by atoms with E-state index in [2.05, 4.69) is 16.7 Å². The van der Waals surface area contributed by atoms with Crippen LogP contribution in [-0.4, -0.2) is 24.6 Å². The van der Waals surface area contributed by atoms with Crippen LogP contribution < -0.4 is 10.6 Å². The Bertz CT molecular complexity index is 816. The van der Waals surface area contributed by atoms with Gasteiger partial charge >= 0.3 is 0 Å². The summed E-state index contributed by atoms with van der Waals surface area (Å²) in [6.07, 6.45) is 1.74. The highest BCUT2D eigenvalue weighted by Gasteiger charge is 2.40. The molecule has 0 bridgehead atoms. The number of anilines is 1. The maximum absolute atomic E-state index is 6.32. The van der Waals surface area contributed by atoms with Crippen LogP contribution in [0.3, 0.4) is 0 Å². The molecule has 25 heavy (non-hydrogen) atoms. The highest BCUT2D eigenvalue weighted by atomic mass is 35.5. The Hall–Kier alpha value is -1.75. The molecular weight excluding hydrogens is 357 g/mol. The maximum Gasteiger partial charge on any atom is 0.129 e. The fraction of sp³-hybridized carbons (Fsp3) is 0.316. The second-order valence-corrected chi connectivity index (χ2v) is 7.15. The van der Waals surface area contributed by atoms with Gasteiger partial charge in [-0.15, -0.1) is 0 Å². The molecule has 0 unspecified atom stereocenters. The van der Waals surface area contributed by atoms with Gasteiger partial charge in [-0.3, -0.25) is 0 Å². The van der Waals surface area contributed by atoms with Crippen molar-refractivity contribution in [2.24, 2.45) is 4.99 Å². The van der Waals surface area contributed by atoms with E-state index >= 15 is 0 Å². The van der Waals surface area contributed by atoms with Gasteiger partial charge < -0.3 is 15.4 Å². The fourth-order valence-corrected chi connectivity index (χ4v) is 3.76. The number of rotatable bonds is 2. The van der Waals surface area contributed by atoms with Crippen molar-refractivity contribution in [1.29, 1.82) is 0 Å². The minimum atomic E-state index is -0.225. The molecule has 6 heteroatoms. The molecule has 0 radical (unpaired) electrons. The average molecular weight is 376 g/mol. The summed E-state index contributed by atoms with van der Waals surface area (Å²) in [5.41, 5.74) is 2.74. The highest BCUT2D eigenvalue weighted by molar-refractivity contribution is 6.42. The molecule has 0 saturated carbocycles. The number of nitrogens with zero attached hydrogens (tertiary/aromatic N) is 1. The van der Waals surface area contributed by atoms with Crippen LogP contribution in [0.25, 0.3) is 0 Å². The van der Waals surface area contributed by atoms with Gasteiger partial charge in [-0.2, -0.15) is 0 Å². The summed E-state index contributed by atoms with van der Waals surface area (Å²) in [6.45, 7) is 2.01. The van der Waals surface area contributed by atoms with E-state index in [9.17, 15) is 0 Å². The Morgan fingerprint density at radius 3 is 2.72 bits per heavy atom. The van der Waals surface area contributed by atoms with Gasteiger partial charge in [-0.05, 0) is 23.8 Å². The van der Waals surface area contributed by atoms with Gasteiger partial charge in [0.1, 0.15) is 5.84 Å². The maximum atomic E-state index is 6.32. The van der Waals surface area contributed by atoms with Crippen molar-refractivity contribution in [3.05, 3.63) is 58.1 Å². The number of hydrogen-bond acceptors (Lipinski definition) is 4. The van der Waals surface area contributed by atoms with E-state index in [-0.39, 0.29) is 5.54 Å². The van der Waals surface area contributed by atoms with Crippen molar-refractivity contribution in [2.45, 2.75) is 24.9 Å². The van der Waals surface area contributed by atoms with Crippen molar-refractivity contribution in [1.82, 2.24) is 5.32 Å². The highest BCUT2D eigenvalue weighted by Crippen LogP contribution is 2.37. The number of halogens is 2. The summed E-state index contributed by atoms with van der Waals surface area (Å²) in [5, 5.41) is 8.34. The van der Waals surface area contributed by atoms with Crippen molar-refractivity contribution >= 4 is 40.4 Å². The molecular formula is C19H19Cl2N3O. The zero-order valence-electron chi connectivity index (χ0n) is 13.7. The van der Waals surface area contributed by atoms with Crippen LogP contribution in [-0.2, 0) is 11.3 Å². The molecule has 2 aromatic rings. The van der Waals surface area contributed by atoms with E-state index in [1.807, 2.05) is 30.3 Å². The molecule has 0 amide bonds. The summed E-state index contributed by atoms with van der Waals surface area (Å²) in [4.78, 5) is 4.90. The SMILES string of the molecule is Clc1cccc(CNC2=Nc3ccccc3NC23CCOCC3)c1Cl. The number of amidine groups is 1. The predicted molar refractivity (Wildman–Crippen MR) is 103 cm³/mol. The smallest absolute Gasteiger partial charge is 0.129 e. The number of fused-ring (bicyclic) bond motifs is 1. The molecule has 2 heterocycles. The first-order chi connectivity index (χ1) is 12.2. The second-order valence-electron chi connectivity index (χ2n) is 6.36. The number of ether oxygens (including phenoxy) is 1. The molecule has 0 aliphatic carbocycles. The van der Waals surface area contributed by atoms with E-state index in [1.54, 1.807) is 6.07 Å². The Morgan fingerprint density at radius 1 is 1.08 bits per heavy atom. The van der Waals surface area contributed by atoms with Crippen LogP contribution >= 0.6 is 23.2 Å². The predicted octanol–water partition coefficient (Wildman–Crippen LogP) is 4.79. The Balaban J connectivity index is 1.64. The quantitative estimate of drug-likeness (QED) is 0.792. The third kappa shape index (κ3) is 3.22. The van der Waals surface area contributed by atoms with E-state index < -0.39 is 0 Å². The molecule has 0 aromatic heterocycles. The van der Waals surface area contributed by atoms with Crippen molar-refractivity contribution in [2.75, 3.05) is 18.5 Å². The van der Waals surface area contributed by atoms with E-state index in [0.29, 0.717) is 29.8 Å². The minimum Gasteiger partial charge on any atom is -0.381 e. The summed E-state index contributed by atoms with van der Waals surface area (Å²) in [7, 11) is 0. The summed E-state index contributed by atoms with van der Waals surface area (Å²) in [5.74, 6) is 0.936. The Labute approximate surface area is 157 Å². The minimum absolute atomic E-state index is 0.225. The van der Waals surface area contributed by atoms with Crippen LogP contribution in [0.15, 0.2) is 47.5 Å². The molecule has 2 N–H and O–H groups in total. The lowest BCUT2D eigenvalue weighted by atomic mass is 9.86. The van der Waals surface area contributed by atoms with Crippen LogP contribution in [0, 0.1) is 0 Å². The molecule has 130 valence electrons. The number of hydrogen-bond donors (Lipinski definition) is 2. The number of para-hydroxylation sites is 2.